The summed E-state index contributed by atoms with van der Waals surface area (Å²) in [4.78, 5) is 14.0. The molecule has 5 heteroatoms. The van der Waals surface area contributed by atoms with E-state index < -0.39 is 5.97 Å². The molecule has 0 aliphatic carbocycles. The van der Waals surface area contributed by atoms with Gasteiger partial charge in [-0.2, -0.15) is 0 Å². The number of benzene rings is 1. The molecule has 0 amide bonds. The Balaban J connectivity index is 0.000000845. The molecule has 0 saturated carbocycles. The van der Waals surface area contributed by atoms with Gasteiger partial charge in [-0.05, 0) is 12.1 Å². The molecule has 1 aromatic heterocycles. The van der Waals surface area contributed by atoms with E-state index in [0.29, 0.717) is 11.1 Å². The number of para-hydroxylation sites is 2. The third kappa shape index (κ3) is 1.74. The topological polar surface area (TPSA) is 66.2 Å². The van der Waals surface area contributed by atoms with Gasteiger partial charge in [0.1, 0.15) is 11.5 Å². The summed E-state index contributed by atoms with van der Waals surface area (Å²) in [5, 5.41) is 10.3. The van der Waals surface area contributed by atoms with Crippen LogP contribution in [0.5, 0.6) is 0 Å². The first-order valence-corrected chi connectivity index (χ1v) is 3.34. The minimum atomic E-state index is -1.40. The van der Waals surface area contributed by atoms with Crippen molar-refractivity contribution in [1.29, 1.82) is 0 Å². The van der Waals surface area contributed by atoms with Crippen LogP contribution in [0.4, 0.5) is 0 Å². The van der Waals surface area contributed by atoms with E-state index in [4.69, 9.17) is 4.42 Å². The van der Waals surface area contributed by atoms with Crippen molar-refractivity contribution in [2.75, 3.05) is 0 Å². The first kappa shape index (κ1) is 9.84. The Kier molecular flexibility index (Phi) is 2.76. The van der Waals surface area contributed by atoms with Crippen molar-refractivity contribution in [3.8, 4) is 0 Å². The number of aromatic carboxylic acids is 1. The van der Waals surface area contributed by atoms with Gasteiger partial charge in [0.25, 0.3) is 0 Å². The number of carboxylic acids is 1. The smallest absolute Gasteiger partial charge is 0.540 e. The fourth-order valence-electron chi connectivity index (χ4n) is 0.960. The molecular formula is C8H4LiNO3. The molecule has 0 N–H and O–H groups in total. The van der Waals surface area contributed by atoms with E-state index in [-0.39, 0.29) is 24.8 Å². The molecule has 60 valence electrons. The van der Waals surface area contributed by atoms with Gasteiger partial charge in [0, 0.05) is 0 Å². The van der Waals surface area contributed by atoms with Crippen LogP contribution in [-0.2, 0) is 0 Å². The van der Waals surface area contributed by atoms with Crippen molar-refractivity contribution in [2.45, 2.75) is 0 Å². The summed E-state index contributed by atoms with van der Waals surface area (Å²) in [7, 11) is 0. The van der Waals surface area contributed by atoms with E-state index >= 15 is 0 Å². The predicted molar refractivity (Wildman–Crippen MR) is 38.3 cm³/mol. The Morgan fingerprint density at radius 1 is 1.38 bits per heavy atom. The number of rotatable bonds is 1. The zero-order valence-electron chi connectivity index (χ0n) is 6.98. The molecule has 2 rings (SSSR count). The van der Waals surface area contributed by atoms with Crippen LogP contribution in [0.25, 0.3) is 11.1 Å². The molecule has 2 aromatic rings. The van der Waals surface area contributed by atoms with Gasteiger partial charge >= 0.3 is 18.9 Å². The molecule has 0 spiro atoms. The van der Waals surface area contributed by atoms with Crippen LogP contribution in [0.3, 0.4) is 0 Å². The van der Waals surface area contributed by atoms with Gasteiger partial charge in [0.15, 0.2) is 5.58 Å². The number of oxazole rings is 1. The van der Waals surface area contributed by atoms with Gasteiger partial charge in [-0.1, -0.05) is 12.1 Å². The van der Waals surface area contributed by atoms with Crippen molar-refractivity contribution >= 4 is 17.1 Å². The van der Waals surface area contributed by atoms with Crippen molar-refractivity contribution < 1.29 is 33.2 Å². The van der Waals surface area contributed by atoms with Gasteiger partial charge in [-0.15, -0.1) is 0 Å². The number of nitrogens with zero attached hydrogens (tertiary/aromatic N) is 1. The van der Waals surface area contributed by atoms with Crippen LogP contribution in [0, 0.1) is 0 Å². The fraction of sp³-hybridized carbons (Fsp3) is 0. The number of fused-ring (bicyclic) bond motifs is 1. The number of carbonyl (C=O) groups is 1. The Bertz CT molecular complexity index is 405. The molecule has 0 unspecified atom stereocenters. The van der Waals surface area contributed by atoms with Gasteiger partial charge in [-0.3, -0.25) is 0 Å². The number of hydrogen-bond acceptors (Lipinski definition) is 4. The quantitative estimate of drug-likeness (QED) is 0.432. The Hall–Kier alpha value is -1.24. The van der Waals surface area contributed by atoms with Crippen LogP contribution in [-0.4, -0.2) is 11.0 Å². The van der Waals surface area contributed by atoms with Gasteiger partial charge in [0.05, 0.1) is 0 Å². The Morgan fingerprint density at radius 2 is 2.08 bits per heavy atom. The van der Waals surface area contributed by atoms with Crippen LogP contribution >= 0.6 is 0 Å². The van der Waals surface area contributed by atoms with Crippen molar-refractivity contribution in [3.63, 3.8) is 0 Å². The summed E-state index contributed by atoms with van der Waals surface area (Å²) in [6, 6.07) is 6.82. The minimum Gasteiger partial charge on any atom is -0.540 e. The van der Waals surface area contributed by atoms with E-state index in [9.17, 15) is 9.90 Å². The molecule has 0 bridgehead atoms. The number of carboxylic acid groups (broad SMARTS) is 1. The number of hydrogen-bond donors (Lipinski definition) is 0. The third-order valence-corrected chi connectivity index (χ3v) is 1.47. The summed E-state index contributed by atoms with van der Waals surface area (Å²) in [6.07, 6.45) is 0. The maximum atomic E-state index is 10.3. The molecule has 0 saturated heterocycles. The van der Waals surface area contributed by atoms with Crippen molar-refractivity contribution in [2.24, 2.45) is 0 Å². The normalized spacial score (nSPS) is 9.54. The van der Waals surface area contributed by atoms with Crippen molar-refractivity contribution in [3.05, 3.63) is 30.2 Å². The number of aromatic nitrogens is 1. The number of carbonyl (C=O) groups excluding carboxylic acids is 1. The standard InChI is InChI=1S/C8H5NO3.Li/c10-8(11)7-9-5-3-1-2-4-6(5)12-7;/h1-4H,(H,10,11);/q;+1/p-1. The molecule has 13 heavy (non-hydrogen) atoms. The Labute approximate surface area is 85.7 Å². The molecule has 0 aliphatic rings. The second kappa shape index (κ2) is 3.65. The molecule has 1 heterocycles. The summed E-state index contributed by atoms with van der Waals surface area (Å²) >= 11 is 0. The van der Waals surface area contributed by atoms with Crippen molar-refractivity contribution in [1.82, 2.24) is 4.98 Å². The summed E-state index contributed by atoms with van der Waals surface area (Å²) in [5.74, 6) is -1.78. The molecule has 0 radical (unpaired) electrons. The first-order chi connectivity index (χ1) is 5.77. The SMILES string of the molecule is O=C([O-])c1nc2ccccc2o1.[Li+]. The van der Waals surface area contributed by atoms with Crippen LogP contribution in [0.15, 0.2) is 28.7 Å². The largest absolute Gasteiger partial charge is 1.00 e. The van der Waals surface area contributed by atoms with E-state index in [1.165, 1.54) is 0 Å². The Morgan fingerprint density at radius 3 is 2.69 bits per heavy atom. The average molecular weight is 169 g/mol. The zero-order valence-corrected chi connectivity index (χ0v) is 6.98. The van der Waals surface area contributed by atoms with Gasteiger partial charge < -0.3 is 14.3 Å². The van der Waals surface area contributed by atoms with E-state index in [0.717, 1.165) is 0 Å². The second-order valence-electron chi connectivity index (χ2n) is 2.27. The minimum absolute atomic E-state index is 0. The zero-order chi connectivity index (χ0) is 8.55. The summed E-state index contributed by atoms with van der Waals surface area (Å²) < 4.78 is 4.86. The molecule has 0 fully saturated rings. The monoisotopic (exact) mass is 169 g/mol. The molecule has 0 aliphatic heterocycles. The molecular weight excluding hydrogens is 165 g/mol. The van der Waals surface area contributed by atoms with E-state index in [2.05, 4.69) is 4.98 Å². The van der Waals surface area contributed by atoms with Crippen LogP contribution in [0.1, 0.15) is 10.7 Å². The van der Waals surface area contributed by atoms with Gasteiger partial charge in [-0.25, -0.2) is 4.98 Å². The predicted octanol–water partition coefficient (Wildman–Crippen LogP) is -2.80. The summed E-state index contributed by atoms with van der Waals surface area (Å²) in [5.41, 5.74) is 0.980. The third-order valence-electron chi connectivity index (χ3n) is 1.47. The maximum absolute atomic E-state index is 10.3. The van der Waals surface area contributed by atoms with E-state index in [1.807, 2.05) is 0 Å². The molecule has 1 aromatic carbocycles. The fourth-order valence-corrected chi connectivity index (χ4v) is 0.960. The molecule has 4 nitrogen and oxygen atoms in total. The maximum Gasteiger partial charge on any atom is 1.00 e. The van der Waals surface area contributed by atoms with Crippen LogP contribution < -0.4 is 24.0 Å². The summed E-state index contributed by atoms with van der Waals surface area (Å²) in [6.45, 7) is 0. The first-order valence-electron chi connectivity index (χ1n) is 3.34. The average Bonchev–Trinajstić information content (AvgIpc) is 2.46. The van der Waals surface area contributed by atoms with Gasteiger partial charge in [0.2, 0.25) is 5.89 Å². The second-order valence-corrected chi connectivity index (χ2v) is 2.27. The van der Waals surface area contributed by atoms with E-state index in [1.54, 1.807) is 24.3 Å². The van der Waals surface area contributed by atoms with Crippen LogP contribution in [0.2, 0.25) is 0 Å². The molecule has 0 atom stereocenters.